The van der Waals surface area contributed by atoms with Crippen molar-refractivity contribution in [3.63, 3.8) is 0 Å². The van der Waals surface area contributed by atoms with Crippen LogP contribution in [0.4, 0.5) is 5.13 Å². The monoisotopic (exact) mass is 578 g/mol. The molecular weight excluding hydrogens is 548 g/mol. The van der Waals surface area contributed by atoms with Gasteiger partial charge in [0, 0.05) is 5.56 Å². The van der Waals surface area contributed by atoms with Crippen LogP contribution >= 0.6 is 11.3 Å². The lowest BCUT2D eigenvalue weighted by Gasteiger charge is -2.24. The number of hydrogen-bond acceptors (Lipinski definition) is 10. The number of aryl methyl sites for hydroxylation is 1. The minimum Gasteiger partial charge on any atom is -0.507 e. The van der Waals surface area contributed by atoms with Crippen LogP contribution in [-0.4, -0.2) is 54.2 Å². The Kier molecular flexibility index (Phi) is 8.25. The van der Waals surface area contributed by atoms with Gasteiger partial charge in [-0.25, -0.2) is 9.78 Å². The number of anilines is 1. The molecule has 10 nitrogen and oxygen atoms in total. The Balaban J connectivity index is 1.64. The molecule has 1 amide bonds. The summed E-state index contributed by atoms with van der Waals surface area (Å²) in [5, 5.41) is 11.7. The average Bonchev–Trinajstić information content (AvgIpc) is 3.49. The van der Waals surface area contributed by atoms with E-state index in [0.717, 1.165) is 24.2 Å². The lowest BCUT2D eigenvalue weighted by Crippen LogP contribution is -2.29. The number of unbranched alkanes of at least 4 members (excludes halogenated alkanes) is 1. The van der Waals surface area contributed by atoms with Crippen molar-refractivity contribution in [1.82, 2.24) is 4.98 Å². The number of benzene rings is 2. The number of amides is 1. The van der Waals surface area contributed by atoms with Gasteiger partial charge in [-0.05, 0) is 56.2 Å². The number of aliphatic hydroxyl groups is 1. The number of nitrogens with zero attached hydrogens (tertiary/aromatic N) is 2. The quantitative estimate of drug-likeness (QED) is 0.120. The first kappa shape index (κ1) is 28.2. The third kappa shape index (κ3) is 5.49. The van der Waals surface area contributed by atoms with E-state index in [-0.39, 0.29) is 33.5 Å². The number of carbonyl (C=O) groups is 3. The van der Waals surface area contributed by atoms with E-state index >= 15 is 0 Å². The minimum atomic E-state index is -1.04. The van der Waals surface area contributed by atoms with Gasteiger partial charge in [0.2, 0.25) is 0 Å². The van der Waals surface area contributed by atoms with Crippen molar-refractivity contribution < 1.29 is 38.4 Å². The highest BCUT2D eigenvalue weighted by Gasteiger charge is 2.48. The predicted octanol–water partition coefficient (Wildman–Crippen LogP) is 5.20. The molecule has 5 rings (SSSR count). The molecule has 1 atom stereocenters. The van der Waals surface area contributed by atoms with Crippen LogP contribution in [-0.2, 0) is 14.3 Å². The summed E-state index contributed by atoms with van der Waals surface area (Å²) in [6, 6.07) is 10.8. The third-order valence-electron chi connectivity index (χ3n) is 6.65. The van der Waals surface area contributed by atoms with Crippen LogP contribution in [0, 0.1) is 6.92 Å². The highest BCUT2D eigenvalue weighted by Crippen LogP contribution is 2.45. The Morgan fingerprint density at radius 3 is 2.66 bits per heavy atom. The number of ether oxygens (including phenoxy) is 4. The standard InChI is InChI=1S/C30H30N2O8S/c1-4-6-12-38-20-9-7-8-18(15-20)24-23(25(33)19-10-11-21-22(16-19)40-14-13-39-21)26(34)28(35)32(24)30-31-17(3)27(41-30)29(36)37-5-2/h7-11,15-16,24,33H,4-6,12-14H2,1-3H3/b25-23-. The van der Waals surface area contributed by atoms with Crippen molar-refractivity contribution in [1.29, 1.82) is 0 Å². The largest absolute Gasteiger partial charge is 0.507 e. The topological polar surface area (TPSA) is 124 Å². The van der Waals surface area contributed by atoms with E-state index in [1.807, 2.05) is 0 Å². The molecule has 0 saturated carbocycles. The molecule has 2 aliphatic heterocycles. The Morgan fingerprint density at radius 1 is 1.12 bits per heavy atom. The van der Waals surface area contributed by atoms with Crippen LogP contribution in [0.1, 0.15) is 59.2 Å². The van der Waals surface area contributed by atoms with Gasteiger partial charge in [-0.2, -0.15) is 0 Å². The van der Waals surface area contributed by atoms with E-state index in [1.54, 1.807) is 56.3 Å². The molecular formula is C30H30N2O8S. The van der Waals surface area contributed by atoms with Gasteiger partial charge in [0.1, 0.15) is 29.6 Å². The number of hydrogen-bond donors (Lipinski definition) is 1. The molecule has 1 unspecified atom stereocenters. The average molecular weight is 579 g/mol. The first-order valence-corrected chi connectivity index (χ1v) is 14.2. The lowest BCUT2D eigenvalue weighted by atomic mass is 9.95. The second kappa shape index (κ2) is 12.0. The van der Waals surface area contributed by atoms with E-state index in [2.05, 4.69) is 11.9 Å². The fraction of sp³-hybridized carbons (Fsp3) is 0.333. The number of aromatic nitrogens is 1. The molecule has 1 N–H and O–H groups in total. The molecule has 0 spiro atoms. The number of Topliss-reactive ketones (excluding diaryl/α,β-unsaturated/α-hetero) is 1. The zero-order chi connectivity index (χ0) is 29.1. The fourth-order valence-electron chi connectivity index (χ4n) is 4.67. The Bertz CT molecular complexity index is 1530. The molecule has 2 aromatic carbocycles. The summed E-state index contributed by atoms with van der Waals surface area (Å²) in [6.45, 7) is 6.82. The number of ketones is 1. The summed E-state index contributed by atoms with van der Waals surface area (Å²) in [4.78, 5) is 45.6. The first-order chi connectivity index (χ1) is 19.8. The van der Waals surface area contributed by atoms with Crippen molar-refractivity contribution in [2.45, 2.75) is 39.7 Å². The molecule has 0 bridgehead atoms. The van der Waals surface area contributed by atoms with Gasteiger partial charge in [0.25, 0.3) is 5.78 Å². The molecule has 11 heteroatoms. The van der Waals surface area contributed by atoms with Crippen LogP contribution in [0.2, 0.25) is 0 Å². The van der Waals surface area contributed by atoms with E-state index in [1.165, 1.54) is 4.90 Å². The molecule has 1 saturated heterocycles. The molecule has 1 fully saturated rings. The summed E-state index contributed by atoms with van der Waals surface area (Å²) in [7, 11) is 0. The maximum atomic E-state index is 13.6. The van der Waals surface area contributed by atoms with E-state index < -0.39 is 23.7 Å². The molecule has 41 heavy (non-hydrogen) atoms. The predicted molar refractivity (Wildman–Crippen MR) is 152 cm³/mol. The molecule has 0 radical (unpaired) electrons. The maximum Gasteiger partial charge on any atom is 0.350 e. The van der Waals surface area contributed by atoms with Crippen LogP contribution in [0.3, 0.4) is 0 Å². The molecule has 3 heterocycles. The zero-order valence-corrected chi connectivity index (χ0v) is 23.8. The lowest BCUT2D eigenvalue weighted by molar-refractivity contribution is -0.132. The number of fused-ring (bicyclic) bond motifs is 1. The summed E-state index contributed by atoms with van der Waals surface area (Å²) < 4.78 is 22.3. The van der Waals surface area contributed by atoms with Crippen molar-refractivity contribution in [2.24, 2.45) is 0 Å². The van der Waals surface area contributed by atoms with Gasteiger partial charge in [0.15, 0.2) is 16.6 Å². The fourth-order valence-corrected chi connectivity index (χ4v) is 5.66. The Morgan fingerprint density at radius 2 is 1.90 bits per heavy atom. The second-order valence-corrected chi connectivity index (χ2v) is 10.4. The molecule has 1 aromatic heterocycles. The van der Waals surface area contributed by atoms with Gasteiger partial charge in [-0.1, -0.05) is 36.8 Å². The summed E-state index contributed by atoms with van der Waals surface area (Å²) in [6.07, 6.45) is 1.82. The van der Waals surface area contributed by atoms with Crippen LogP contribution < -0.4 is 19.1 Å². The molecule has 214 valence electrons. The van der Waals surface area contributed by atoms with Crippen molar-refractivity contribution in [2.75, 3.05) is 31.3 Å². The smallest absolute Gasteiger partial charge is 0.350 e. The highest BCUT2D eigenvalue weighted by molar-refractivity contribution is 7.17. The summed E-state index contributed by atoms with van der Waals surface area (Å²) >= 11 is 0.953. The number of thiazole rings is 1. The van der Waals surface area contributed by atoms with E-state index in [4.69, 9.17) is 18.9 Å². The van der Waals surface area contributed by atoms with Gasteiger partial charge in [0.05, 0.1) is 30.5 Å². The van der Waals surface area contributed by atoms with Crippen LogP contribution in [0.25, 0.3) is 5.76 Å². The normalized spacial score (nSPS) is 17.5. The first-order valence-electron chi connectivity index (χ1n) is 13.4. The molecule has 2 aliphatic rings. The van der Waals surface area contributed by atoms with Gasteiger partial charge >= 0.3 is 11.9 Å². The molecule has 0 aliphatic carbocycles. The minimum absolute atomic E-state index is 0.122. The van der Waals surface area contributed by atoms with Crippen molar-refractivity contribution >= 4 is 39.9 Å². The van der Waals surface area contributed by atoms with E-state index in [0.29, 0.717) is 48.3 Å². The Hall–Kier alpha value is -4.38. The van der Waals surface area contributed by atoms with Gasteiger partial charge in [-0.15, -0.1) is 0 Å². The van der Waals surface area contributed by atoms with Gasteiger partial charge < -0.3 is 24.1 Å². The van der Waals surface area contributed by atoms with Crippen molar-refractivity contribution in [3.8, 4) is 17.2 Å². The number of esters is 1. The Labute approximate surface area is 241 Å². The zero-order valence-electron chi connectivity index (χ0n) is 23.0. The SMILES string of the molecule is CCCCOc1cccc(C2/C(=C(/O)c3ccc4c(c3)OCCO4)C(=O)C(=O)N2c2nc(C)c(C(=O)OCC)s2)c1. The van der Waals surface area contributed by atoms with Crippen molar-refractivity contribution in [3.05, 3.63) is 69.7 Å². The highest BCUT2D eigenvalue weighted by atomic mass is 32.1. The number of rotatable bonds is 9. The third-order valence-corrected chi connectivity index (χ3v) is 7.79. The summed E-state index contributed by atoms with van der Waals surface area (Å²) in [5.74, 6) is -1.20. The van der Waals surface area contributed by atoms with Crippen LogP contribution in [0.5, 0.6) is 17.2 Å². The van der Waals surface area contributed by atoms with E-state index in [9.17, 15) is 19.5 Å². The number of carbonyl (C=O) groups excluding carboxylic acids is 3. The maximum absolute atomic E-state index is 13.6. The molecule has 3 aromatic rings. The van der Waals surface area contributed by atoms with Gasteiger partial charge in [-0.3, -0.25) is 14.5 Å². The summed E-state index contributed by atoms with van der Waals surface area (Å²) in [5.41, 5.74) is 1.06. The van der Waals surface area contributed by atoms with Crippen LogP contribution in [0.15, 0.2) is 48.0 Å². The number of aliphatic hydroxyl groups excluding tert-OH is 1. The second-order valence-electron chi connectivity index (χ2n) is 9.43.